The van der Waals surface area contributed by atoms with Crippen LogP contribution < -0.4 is 21.7 Å². The molecule has 0 rings (SSSR count). The van der Waals surface area contributed by atoms with Crippen LogP contribution in [0.1, 0.15) is 26.7 Å². The van der Waals surface area contributed by atoms with E-state index < -0.39 is 66.9 Å². The summed E-state index contributed by atoms with van der Waals surface area (Å²) < 4.78 is 0. The van der Waals surface area contributed by atoms with Crippen molar-refractivity contribution in [2.24, 2.45) is 11.7 Å². The number of carboxylic acid groups (broad SMARTS) is 2. The van der Waals surface area contributed by atoms with Gasteiger partial charge in [0.2, 0.25) is 17.7 Å². The van der Waals surface area contributed by atoms with Crippen LogP contribution in [0.4, 0.5) is 0 Å². The standard InChI is InChI=1S/C16H28N4O8S/c1-7(2)3-10(16(27)28)19-14(25)9(4-12(22)23)18-15(26)11(6-29)20-13(24)8(17)5-21/h7-11,21,29H,3-6,17H2,1-2H3,(H,18,26)(H,19,25)(H,20,24)(H,22,23)(H,27,28). The third kappa shape index (κ3) is 10.1. The fourth-order valence-electron chi connectivity index (χ4n) is 2.18. The summed E-state index contributed by atoms with van der Waals surface area (Å²) in [5.74, 6) is -5.74. The van der Waals surface area contributed by atoms with Gasteiger partial charge in [-0.05, 0) is 12.3 Å². The van der Waals surface area contributed by atoms with Crippen molar-refractivity contribution >= 4 is 42.3 Å². The summed E-state index contributed by atoms with van der Waals surface area (Å²) in [6, 6.07) is -5.40. The topological polar surface area (TPSA) is 208 Å². The molecule has 0 saturated heterocycles. The molecule has 0 spiro atoms. The van der Waals surface area contributed by atoms with E-state index in [9.17, 15) is 29.1 Å². The summed E-state index contributed by atoms with van der Waals surface area (Å²) in [7, 11) is 0. The first-order valence-corrected chi connectivity index (χ1v) is 9.39. The zero-order chi connectivity index (χ0) is 22.7. The molecule has 13 heteroatoms. The number of rotatable bonds is 13. The van der Waals surface area contributed by atoms with Gasteiger partial charge in [0.1, 0.15) is 24.2 Å². The molecule has 0 saturated carbocycles. The molecule has 0 aromatic heterocycles. The van der Waals surface area contributed by atoms with Crippen LogP contribution in [0.2, 0.25) is 0 Å². The highest BCUT2D eigenvalue weighted by Crippen LogP contribution is 2.06. The molecule has 4 atom stereocenters. The van der Waals surface area contributed by atoms with Gasteiger partial charge in [-0.3, -0.25) is 19.2 Å². The number of carbonyl (C=O) groups excluding carboxylic acids is 3. The smallest absolute Gasteiger partial charge is 0.326 e. The Morgan fingerprint density at radius 1 is 0.897 bits per heavy atom. The van der Waals surface area contributed by atoms with Crippen molar-refractivity contribution in [1.82, 2.24) is 16.0 Å². The van der Waals surface area contributed by atoms with E-state index in [1.54, 1.807) is 13.8 Å². The average molecular weight is 436 g/mol. The van der Waals surface area contributed by atoms with Crippen LogP contribution in [0.3, 0.4) is 0 Å². The van der Waals surface area contributed by atoms with Crippen molar-refractivity contribution in [2.75, 3.05) is 12.4 Å². The van der Waals surface area contributed by atoms with E-state index in [1.807, 2.05) is 0 Å². The second-order valence-corrected chi connectivity index (χ2v) is 7.09. The highest BCUT2D eigenvalue weighted by molar-refractivity contribution is 7.80. The number of amides is 3. The maximum atomic E-state index is 12.4. The van der Waals surface area contributed by atoms with Crippen LogP contribution >= 0.6 is 12.6 Å². The Bertz CT molecular complexity index is 616. The first kappa shape index (κ1) is 26.6. The van der Waals surface area contributed by atoms with E-state index in [4.69, 9.17) is 15.9 Å². The van der Waals surface area contributed by atoms with Gasteiger partial charge in [-0.1, -0.05) is 13.8 Å². The van der Waals surface area contributed by atoms with Crippen LogP contribution in [-0.4, -0.2) is 81.5 Å². The number of aliphatic hydroxyl groups is 1. The quantitative estimate of drug-likeness (QED) is 0.141. The SMILES string of the molecule is CC(C)CC(NC(=O)C(CC(=O)O)NC(=O)C(CS)NC(=O)C(N)CO)C(=O)O. The van der Waals surface area contributed by atoms with E-state index >= 15 is 0 Å². The minimum Gasteiger partial charge on any atom is -0.481 e. The second-order valence-electron chi connectivity index (χ2n) is 6.72. The first-order chi connectivity index (χ1) is 13.4. The van der Waals surface area contributed by atoms with Gasteiger partial charge in [-0.25, -0.2) is 4.79 Å². The number of carboxylic acids is 2. The number of nitrogens with two attached hydrogens (primary N) is 1. The van der Waals surface area contributed by atoms with Gasteiger partial charge < -0.3 is 37.0 Å². The average Bonchev–Trinajstić information content (AvgIpc) is 2.62. The summed E-state index contributed by atoms with van der Waals surface area (Å²) in [6.45, 7) is 2.83. The van der Waals surface area contributed by atoms with Gasteiger partial charge in [0, 0.05) is 5.75 Å². The second kappa shape index (κ2) is 13.0. The van der Waals surface area contributed by atoms with Gasteiger partial charge in [-0.2, -0.15) is 12.6 Å². The van der Waals surface area contributed by atoms with E-state index in [1.165, 1.54) is 0 Å². The molecule has 0 fully saturated rings. The van der Waals surface area contributed by atoms with Gasteiger partial charge in [0.05, 0.1) is 13.0 Å². The number of thiol groups is 1. The number of aliphatic hydroxyl groups excluding tert-OH is 1. The van der Waals surface area contributed by atoms with Crippen molar-refractivity contribution in [1.29, 1.82) is 0 Å². The lowest BCUT2D eigenvalue weighted by Gasteiger charge is -2.24. The van der Waals surface area contributed by atoms with Crippen LogP contribution in [-0.2, 0) is 24.0 Å². The normalized spacial score (nSPS) is 15.0. The van der Waals surface area contributed by atoms with Gasteiger partial charge >= 0.3 is 11.9 Å². The minimum absolute atomic E-state index is 0.0663. The molecule has 12 nitrogen and oxygen atoms in total. The maximum Gasteiger partial charge on any atom is 0.326 e. The summed E-state index contributed by atoms with van der Waals surface area (Å²) in [4.78, 5) is 58.8. The molecule has 29 heavy (non-hydrogen) atoms. The molecule has 8 N–H and O–H groups in total. The lowest BCUT2D eigenvalue weighted by molar-refractivity contribution is -0.144. The largest absolute Gasteiger partial charge is 0.481 e. The monoisotopic (exact) mass is 436 g/mol. The Morgan fingerprint density at radius 2 is 1.38 bits per heavy atom. The van der Waals surface area contributed by atoms with E-state index in [0.717, 1.165) is 0 Å². The molecule has 0 aliphatic rings. The highest BCUT2D eigenvalue weighted by Gasteiger charge is 2.31. The van der Waals surface area contributed by atoms with Crippen LogP contribution in [0, 0.1) is 5.92 Å². The molecule has 0 aliphatic heterocycles. The number of hydrogen-bond donors (Lipinski definition) is 8. The molecule has 0 bridgehead atoms. The number of hydrogen-bond acceptors (Lipinski definition) is 8. The van der Waals surface area contributed by atoms with Gasteiger partial charge in [0.25, 0.3) is 0 Å². The van der Waals surface area contributed by atoms with Gasteiger partial charge in [0.15, 0.2) is 0 Å². The zero-order valence-electron chi connectivity index (χ0n) is 16.1. The van der Waals surface area contributed by atoms with Crippen molar-refractivity contribution in [3.8, 4) is 0 Å². The minimum atomic E-state index is -1.58. The Kier molecular flexibility index (Phi) is 11.9. The summed E-state index contributed by atoms with van der Waals surface area (Å²) >= 11 is 3.92. The lowest BCUT2D eigenvalue weighted by Crippen LogP contribution is -2.58. The van der Waals surface area contributed by atoms with Crippen molar-refractivity contribution < 1.29 is 39.3 Å². The summed E-state index contributed by atoms with van der Waals surface area (Å²) in [5, 5.41) is 33.7. The Morgan fingerprint density at radius 3 is 1.79 bits per heavy atom. The Hall–Kier alpha value is -2.38. The number of aliphatic carboxylic acids is 2. The van der Waals surface area contributed by atoms with Gasteiger partial charge in [-0.15, -0.1) is 0 Å². The highest BCUT2D eigenvalue weighted by atomic mass is 32.1. The Labute approximate surface area is 173 Å². The summed E-state index contributed by atoms with van der Waals surface area (Å²) in [5.41, 5.74) is 5.34. The molecule has 4 unspecified atom stereocenters. The molecular weight excluding hydrogens is 408 g/mol. The molecule has 0 aliphatic carbocycles. The third-order valence-electron chi connectivity index (χ3n) is 3.68. The molecule has 0 aromatic rings. The predicted molar refractivity (Wildman–Crippen MR) is 104 cm³/mol. The van der Waals surface area contributed by atoms with E-state index in [0.29, 0.717) is 0 Å². The zero-order valence-corrected chi connectivity index (χ0v) is 17.0. The summed E-state index contributed by atoms with van der Waals surface area (Å²) in [6.07, 6.45) is -0.710. The molecular formula is C16H28N4O8S. The lowest BCUT2D eigenvalue weighted by atomic mass is 10.0. The fourth-order valence-corrected chi connectivity index (χ4v) is 2.43. The van der Waals surface area contributed by atoms with Crippen molar-refractivity contribution in [3.05, 3.63) is 0 Å². The molecule has 0 heterocycles. The van der Waals surface area contributed by atoms with E-state index in [2.05, 4.69) is 28.6 Å². The number of nitrogens with one attached hydrogen (secondary N) is 3. The number of carbonyl (C=O) groups is 5. The fraction of sp³-hybridized carbons (Fsp3) is 0.688. The molecule has 3 amide bonds. The van der Waals surface area contributed by atoms with Crippen molar-refractivity contribution in [3.63, 3.8) is 0 Å². The first-order valence-electron chi connectivity index (χ1n) is 8.75. The van der Waals surface area contributed by atoms with Crippen molar-refractivity contribution in [2.45, 2.75) is 50.9 Å². The van der Waals surface area contributed by atoms with Crippen LogP contribution in [0.5, 0.6) is 0 Å². The molecule has 0 aromatic carbocycles. The molecule has 166 valence electrons. The maximum absolute atomic E-state index is 12.4. The van der Waals surface area contributed by atoms with Crippen LogP contribution in [0.25, 0.3) is 0 Å². The Balaban J connectivity index is 5.27. The third-order valence-corrected chi connectivity index (χ3v) is 4.05. The predicted octanol–water partition coefficient (Wildman–Crippen LogP) is -2.70. The van der Waals surface area contributed by atoms with Crippen LogP contribution in [0.15, 0.2) is 0 Å². The molecule has 0 radical (unpaired) electrons. The van der Waals surface area contributed by atoms with E-state index in [-0.39, 0.29) is 18.1 Å².